The molecular weight excluding hydrogens is 435 g/mol. The van der Waals surface area contributed by atoms with E-state index in [9.17, 15) is 4.39 Å². The Hall–Kier alpha value is -4.33. The molecule has 8 heteroatoms. The first-order chi connectivity index (χ1) is 16.7. The molecule has 2 unspecified atom stereocenters. The zero-order valence-electron chi connectivity index (χ0n) is 18.5. The van der Waals surface area contributed by atoms with Crippen molar-refractivity contribution in [1.29, 1.82) is 0 Å². The molecule has 1 aromatic heterocycles. The molecule has 34 heavy (non-hydrogen) atoms. The lowest BCUT2D eigenvalue weighted by atomic mass is 9.84. The van der Waals surface area contributed by atoms with Crippen LogP contribution in [0, 0.1) is 5.82 Å². The fourth-order valence-electron chi connectivity index (χ4n) is 4.60. The number of hydrogen-bond donors (Lipinski definition) is 1. The number of nitrogens with one attached hydrogen (secondary N) is 1. The first kappa shape index (κ1) is 20.3. The zero-order chi connectivity index (χ0) is 23.2. The predicted octanol–water partition coefficient (Wildman–Crippen LogP) is 4.99. The number of halogens is 1. The van der Waals surface area contributed by atoms with Gasteiger partial charge in [0.15, 0.2) is 0 Å². The van der Waals surface area contributed by atoms with E-state index in [2.05, 4.69) is 15.4 Å². The van der Waals surface area contributed by atoms with Gasteiger partial charge in [0, 0.05) is 11.1 Å². The molecule has 4 aromatic rings. The molecular formula is C26H21FN4O3. The van der Waals surface area contributed by atoms with Gasteiger partial charge in [-0.3, -0.25) is 0 Å². The maximum atomic E-state index is 13.8. The van der Waals surface area contributed by atoms with E-state index in [1.165, 1.54) is 18.5 Å². The van der Waals surface area contributed by atoms with E-state index >= 15 is 0 Å². The van der Waals surface area contributed by atoms with Crippen LogP contribution in [0.4, 0.5) is 10.3 Å². The minimum absolute atomic E-state index is 0.300. The summed E-state index contributed by atoms with van der Waals surface area (Å²) in [5.41, 5.74) is 4.50. The molecule has 0 bridgehead atoms. The molecule has 0 fully saturated rings. The van der Waals surface area contributed by atoms with Gasteiger partial charge in [-0.15, -0.1) is 0 Å². The summed E-state index contributed by atoms with van der Waals surface area (Å²) in [6, 6.07) is 19.6. The number of aromatic nitrogens is 3. The lowest BCUT2D eigenvalue weighted by Gasteiger charge is -2.39. The molecule has 2 atom stereocenters. The Kier molecular flexibility index (Phi) is 4.72. The number of hydrogen-bond acceptors (Lipinski definition) is 6. The minimum atomic E-state index is -0.478. The van der Waals surface area contributed by atoms with E-state index in [0.29, 0.717) is 17.4 Å². The smallest absolute Gasteiger partial charge is 0.226 e. The minimum Gasteiger partial charge on any atom is -0.497 e. The summed E-state index contributed by atoms with van der Waals surface area (Å²) >= 11 is 0. The van der Waals surface area contributed by atoms with Crippen LogP contribution in [0.15, 0.2) is 78.6 Å². The third kappa shape index (κ3) is 3.18. The molecule has 1 N–H and O–H groups in total. The Bertz CT molecular complexity index is 1400. The predicted molar refractivity (Wildman–Crippen MR) is 124 cm³/mol. The molecule has 0 amide bonds. The van der Waals surface area contributed by atoms with Crippen LogP contribution in [-0.4, -0.2) is 29.0 Å². The normalized spacial score (nSPS) is 18.2. The lowest BCUT2D eigenvalue weighted by molar-refractivity contribution is 0.222. The number of fused-ring (bicyclic) bond motifs is 3. The Labute approximate surface area is 195 Å². The van der Waals surface area contributed by atoms with Gasteiger partial charge in [0.1, 0.15) is 41.5 Å². The van der Waals surface area contributed by atoms with Crippen molar-refractivity contribution < 1.29 is 18.6 Å². The summed E-state index contributed by atoms with van der Waals surface area (Å²) in [6.07, 6.45) is 1.05. The number of methoxy groups -OCH3 is 2. The van der Waals surface area contributed by atoms with Crippen molar-refractivity contribution in [2.24, 2.45) is 0 Å². The van der Waals surface area contributed by atoms with Gasteiger partial charge in [-0.2, -0.15) is 10.1 Å². The number of benzene rings is 3. The summed E-state index contributed by atoms with van der Waals surface area (Å²) in [5, 5.41) is 7.97. The molecule has 0 aliphatic carbocycles. The molecule has 2 aliphatic heterocycles. The average Bonchev–Trinajstić information content (AvgIpc) is 3.35. The second-order valence-electron chi connectivity index (χ2n) is 8.07. The van der Waals surface area contributed by atoms with Crippen molar-refractivity contribution in [3.8, 4) is 17.2 Å². The Morgan fingerprint density at radius 3 is 2.35 bits per heavy atom. The van der Waals surface area contributed by atoms with E-state index in [4.69, 9.17) is 14.2 Å². The molecule has 0 saturated heterocycles. The van der Waals surface area contributed by atoms with Crippen molar-refractivity contribution in [2.75, 3.05) is 19.5 Å². The molecule has 0 saturated carbocycles. The third-order valence-corrected chi connectivity index (χ3v) is 6.23. The standard InChI is InChI=1S/C26H21FN4O3/c1-32-18-9-5-15(6-10-18)24-22-23(30-26-28-14-29-31(24)26)20-13-19(33-2)11-12-21(20)34-25(22)16-3-7-17(27)8-4-16/h3-14,24-25H,1-2H3,(H,28,29,30). The van der Waals surface area contributed by atoms with Gasteiger partial charge in [0.25, 0.3) is 0 Å². The van der Waals surface area contributed by atoms with Crippen molar-refractivity contribution >= 4 is 11.6 Å². The molecule has 0 radical (unpaired) electrons. The Morgan fingerprint density at radius 2 is 1.62 bits per heavy atom. The highest BCUT2D eigenvalue weighted by Gasteiger charge is 2.41. The van der Waals surface area contributed by atoms with Crippen LogP contribution in [0.5, 0.6) is 17.2 Å². The summed E-state index contributed by atoms with van der Waals surface area (Å²) < 4.78 is 33.0. The topological polar surface area (TPSA) is 70.4 Å². The first-order valence-electron chi connectivity index (χ1n) is 10.8. The van der Waals surface area contributed by atoms with E-state index in [1.54, 1.807) is 26.4 Å². The first-order valence-corrected chi connectivity index (χ1v) is 10.8. The van der Waals surface area contributed by atoms with Gasteiger partial charge < -0.3 is 19.5 Å². The summed E-state index contributed by atoms with van der Waals surface area (Å²) in [4.78, 5) is 4.44. The largest absolute Gasteiger partial charge is 0.497 e. The van der Waals surface area contributed by atoms with Crippen LogP contribution < -0.4 is 19.5 Å². The highest BCUT2D eigenvalue weighted by Crippen LogP contribution is 2.51. The zero-order valence-corrected chi connectivity index (χ0v) is 18.5. The highest BCUT2D eigenvalue weighted by atomic mass is 19.1. The van der Waals surface area contributed by atoms with Crippen molar-refractivity contribution in [1.82, 2.24) is 14.8 Å². The van der Waals surface area contributed by atoms with Crippen LogP contribution in [0.25, 0.3) is 5.70 Å². The van der Waals surface area contributed by atoms with E-state index in [0.717, 1.165) is 33.7 Å². The summed E-state index contributed by atoms with van der Waals surface area (Å²) in [5.74, 6) is 2.49. The molecule has 170 valence electrons. The highest BCUT2D eigenvalue weighted by molar-refractivity contribution is 5.85. The van der Waals surface area contributed by atoms with Gasteiger partial charge in [-0.1, -0.05) is 24.3 Å². The Morgan fingerprint density at radius 1 is 0.912 bits per heavy atom. The third-order valence-electron chi connectivity index (χ3n) is 6.23. The van der Waals surface area contributed by atoms with E-state index in [-0.39, 0.29) is 11.9 Å². The number of anilines is 1. The molecule has 6 rings (SSSR count). The van der Waals surface area contributed by atoms with Crippen molar-refractivity contribution in [3.63, 3.8) is 0 Å². The summed E-state index contributed by atoms with van der Waals surface area (Å²) in [7, 11) is 3.27. The quantitative estimate of drug-likeness (QED) is 0.466. The Balaban J connectivity index is 1.61. The van der Waals surface area contributed by atoms with E-state index in [1.807, 2.05) is 47.1 Å². The van der Waals surface area contributed by atoms with Crippen LogP contribution in [0.3, 0.4) is 0 Å². The molecule has 0 spiro atoms. The second kappa shape index (κ2) is 7.91. The van der Waals surface area contributed by atoms with Gasteiger partial charge in [-0.25, -0.2) is 9.07 Å². The van der Waals surface area contributed by atoms with Gasteiger partial charge in [0.2, 0.25) is 5.95 Å². The second-order valence-corrected chi connectivity index (χ2v) is 8.07. The molecule has 7 nitrogen and oxygen atoms in total. The summed E-state index contributed by atoms with van der Waals surface area (Å²) in [6.45, 7) is 0. The lowest BCUT2D eigenvalue weighted by Crippen LogP contribution is -2.32. The number of nitrogens with zero attached hydrogens (tertiary/aromatic N) is 3. The average molecular weight is 456 g/mol. The van der Waals surface area contributed by atoms with Gasteiger partial charge in [-0.05, 0) is 53.6 Å². The van der Waals surface area contributed by atoms with Gasteiger partial charge >= 0.3 is 0 Å². The maximum absolute atomic E-state index is 13.8. The molecule has 2 aliphatic rings. The van der Waals surface area contributed by atoms with Crippen LogP contribution in [-0.2, 0) is 0 Å². The maximum Gasteiger partial charge on any atom is 0.226 e. The fourth-order valence-corrected chi connectivity index (χ4v) is 4.60. The van der Waals surface area contributed by atoms with Crippen molar-refractivity contribution in [3.05, 3.63) is 101 Å². The van der Waals surface area contributed by atoms with E-state index < -0.39 is 6.10 Å². The van der Waals surface area contributed by atoms with Gasteiger partial charge in [0.05, 0.1) is 19.9 Å². The van der Waals surface area contributed by atoms with Crippen LogP contribution in [0.2, 0.25) is 0 Å². The number of ether oxygens (including phenoxy) is 3. The van der Waals surface area contributed by atoms with Crippen LogP contribution in [0.1, 0.15) is 28.8 Å². The van der Waals surface area contributed by atoms with Crippen LogP contribution >= 0.6 is 0 Å². The fraction of sp³-hybridized carbons (Fsp3) is 0.154. The molecule has 3 heterocycles. The monoisotopic (exact) mass is 456 g/mol. The number of rotatable bonds is 4. The SMILES string of the molecule is COc1ccc(C2C3=C(Nc4ncnn42)c2cc(OC)ccc2OC3c2ccc(F)cc2)cc1. The van der Waals surface area contributed by atoms with Crippen molar-refractivity contribution in [2.45, 2.75) is 12.1 Å². The molecule has 3 aromatic carbocycles.